The molecule has 1 aliphatic rings. The highest BCUT2D eigenvalue weighted by Gasteiger charge is 2.23. The highest BCUT2D eigenvalue weighted by molar-refractivity contribution is 5.78. The molecule has 3 aromatic heterocycles. The van der Waals surface area contributed by atoms with E-state index in [0.29, 0.717) is 13.2 Å². The summed E-state index contributed by atoms with van der Waals surface area (Å²) in [5.74, 6) is 2.37. The monoisotopic (exact) mass is 368 g/mol. The lowest BCUT2D eigenvalue weighted by atomic mass is 10.1. The fraction of sp³-hybridized carbons (Fsp3) is 0.444. The quantitative estimate of drug-likeness (QED) is 0.728. The summed E-state index contributed by atoms with van der Waals surface area (Å²) in [4.78, 5) is 7.19. The van der Waals surface area contributed by atoms with Crippen LogP contribution < -0.4 is 10.2 Å². The van der Waals surface area contributed by atoms with E-state index in [0.717, 1.165) is 46.6 Å². The molecule has 0 spiro atoms. The Morgan fingerprint density at radius 1 is 1.30 bits per heavy atom. The first kappa shape index (κ1) is 17.5. The average molecular weight is 368 g/mol. The molecule has 1 aliphatic heterocycles. The van der Waals surface area contributed by atoms with Gasteiger partial charge in [-0.15, -0.1) is 5.10 Å². The minimum Gasteiger partial charge on any atom is -0.377 e. The summed E-state index contributed by atoms with van der Waals surface area (Å²) in [6, 6.07) is 6.34. The fourth-order valence-electron chi connectivity index (χ4n) is 3.40. The van der Waals surface area contributed by atoms with Crippen LogP contribution in [0.3, 0.4) is 0 Å². The number of anilines is 3. The van der Waals surface area contributed by atoms with Crippen molar-refractivity contribution in [1.29, 1.82) is 0 Å². The second-order valence-corrected chi connectivity index (χ2v) is 6.89. The molecule has 9 heteroatoms. The molecule has 0 amide bonds. The topological polar surface area (TPSA) is 96.8 Å². The highest BCUT2D eigenvalue weighted by Crippen LogP contribution is 2.32. The molecule has 0 aliphatic carbocycles. The molecule has 1 atom stereocenters. The van der Waals surface area contributed by atoms with Crippen LogP contribution in [0.1, 0.15) is 18.3 Å². The van der Waals surface area contributed by atoms with Gasteiger partial charge in [0.2, 0.25) is 0 Å². The van der Waals surface area contributed by atoms with E-state index in [1.165, 1.54) is 0 Å². The maximum absolute atomic E-state index is 5.56. The molecule has 9 nitrogen and oxygen atoms in total. The van der Waals surface area contributed by atoms with Crippen LogP contribution in [0.5, 0.6) is 0 Å². The molecule has 0 radical (unpaired) electrons. The molecule has 3 aromatic rings. The molecule has 2 N–H and O–H groups in total. The van der Waals surface area contributed by atoms with Crippen LogP contribution in [0, 0.1) is 13.8 Å². The minimum absolute atomic E-state index is 0.276. The van der Waals surface area contributed by atoms with E-state index >= 15 is 0 Å². The third-order valence-electron chi connectivity index (χ3n) is 4.75. The first-order chi connectivity index (χ1) is 13.0. The van der Waals surface area contributed by atoms with Gasteiger partial charge in [0.25, 0.3) is 0 Å². The van der Waals surface area contributed by atoms with Crippen molar-refractivity contribution in [3.8, 4) is 11.3 Å². The van der Waals surface area contributed by atoms with Gasteiger partial charge in [0, 0.05) is 30.9 Å². The van der Waals surface area contributed by atoms with E-state index in [1.807, 2.05) is 33.0 Å². The van der Waals surface area contributed by atoms with E-state index in [4.69, 9.17) is 9.72 Å². The largest absolute Gasteiger partial charge is 0.377 e. The average Bonchev–Trinajstić information content (AvgIpc) is 3.21. The minimum atomic E-state index is 0.276. The van der Waals surface area contributed by atoms with Gasteiger partial charge in [-0.1, -0.05) is 5.21 Å². The second-order valence-electron chi connectivity index (χ2n) is 6.89. The molecule has 1 fully saturated rings. The van der Waals surface area contributed by atoms with Gasteiger partial charge >= 0.3 is 0 Å². The summed E-state index contributed by atoms with van der Waals surface area (Å²) in [6.45, 7) is 8.29. The summed E-state index contributed by atoms with van der Waals surface area (Å²) >= 11 is 0. The predicted molar refractivity (Wildman–Crippen MR) is 103 cm³/mol. The van der Waals surface area contributed by atoms with Gasteiger partial charge in [0.15, 0.2) is 5.82 Å². The Bertz CT molecular complexity index is 927. The zero-order chi connectivity index (χ0) is 19.0. The molecular formula is C18H24N8O. The van der Waals surface area contributed by atoms with Crippen LogP contribution >= 0.6 is 0 Å². The van der Waals surface area contributed by atoms with Gasteiger partial charge in [0.1, 0.15) is 11.6 Å². The van der Waals surface area contributed by atoms with E-state index in [2.05, 4.69) is 43.7 Å². The van der Waals surface area contributed by atoms with Gasteiger partial charge in [0.05, 0.1) is 30.6 Å². The zero-order valence-electron chi connectivity index (χ0n) is 16.0. The Labute approximate surface area is 157 Å². The zero-order valence-corrected chi connectivity index (χ0v) is 16.0. The van der Waals surface area contributed by atoms with Crippen LogP contribution in [0.4, 0.5) is 17.5 Å². The second kappa shape index (κ2) is 6.99. The highest BCUT2D eigenvalue weighted by atomic mass is 16.5. The molecule has 0 bridgehead atoms. The lowest BCUT2D eigenvalue weighted by Gasteiger charge is -2.34. The molecule has 4 rings (SSSR count). The Hall–Kier alpha value is -2.94. The number of pyridine rings is 1. The van der Waals surface area contributed by atoms with Crippen molar-refractivity contribution in [3.05, 3.63) is 29.6 Å². The number of morpholine rings is 1. The van der Waals surface area contributed by atoms with E-state index < -0.39 is 0 Å². The van der Waals surface area contributed by atoms with Crippen molar-refractivity contribution >= 4 is 17.5 Å². The van der Waals surface area contributed by atoms with Crippen molar-refractivity contribution in [3.63, 3.8) is 0 Å². The Balaban J connectivity index is 1.78. The van der Waals surface area contributed by atoms with Crippen molar-refractivity contribution in [2.75, 3.05) is 30.0 Å². The third-order valence-corrected chi connectivity index (χ3v) is 4.75. The molecule has 27 heavy (non-hydrogen) atoms. The number of hydrogen-bond donors (Lipinski definition) is 2. The molecule has 4 heterocycles. The van der Waals surface area contributed by atoms with Crippen LogP contribution in [0.2, 0.25) is 0 Å². The number of hydrogen-bond acceptors (Lipinski definition) is 7. The number of nitrogens with one attached hydrogen (secondary N) is 2. The molecule has 0 unspecified atom stereocenters. The smallest absolute Gasteiger partial charge is 0.153 e. The number of aromatic nitrogens is 6. The van der Waals surface area contributed by atoms with E-state index in [9.17, 15) is 0 Å². The molecular weight excluding hydrogens is 344 g/mol. The number of nitrogens with zero attached hydrogens (tertiary/aromatic N) is 6. The van der Waals surface area contributed by atoms with Crippen molar-refractivity contribution in [1.82, 2.24) is 30.2 Å². The standard InChI is InChI=1S/C18H24N8O/c1-11-9-15(23-21-11)19-18-14(17-13(3)22-24-25(17)4)5-6-16(20-18)26-7-8-27-10-12(26)2/h5-6,9,12H,7-8,10H2,1-4H3,(H2,19,20,21,23)/t12-/m1/s1. The summed E-state index contributed by atoms with van der Waals surface area (Å²) in [5, 5.41) is 18.9. The lowest BCUT2D eigenvalue weighted by Crippen LogP contribution is -2.44. The SMILES string of the molecule is Cc1cc(Nc2nc(N3CCOC[C@H]3C)ccc2-c2c(C)nnn2C)n[nH]1. The van der Waals surface area contributed by atoms with Crippen LogP contribution in [0.15, 0.2) is 18.2 Å². The van der Waals surface area contributed by atoms with Gasteiger partial charge in [-0.05, 0) is 32.9 Å². The van der Waals surface area contributed by atoms with Gasteiger partial charge in [-0.2, -0.15) is 5.10 Å². The van der Waals surface area contributed by atoms with Gasteiger partial charge in [-0.25, -0.2) is 9.67 Å². The maximum Gasteiger partial charge on any atom is 0.153 e. The molecule has 0 saturated carbocycles. The van der Waals surface area contributed by atoms with Crippen LogP contribution in [-0.4, -0.2) is 56.0 Å². The number of aromatic amines is 1. The summed E-state index contributed by atoms with van der Waals surface area (Å²) in [7, 11) is 1.88. The van der Waals surface area contributed by atoms with Crippen molar-refractivity contribution < 1.29 is 4.74 Å². The first-order valence-electron chi connectivity index (χ1n) is 9.04. The Morgan fingerprint density at radius 3 is 2.81 bits per heavy atom. The maximum atomic E-state index is 5.56. The molecule has 0 aromatic carbocycles. The fourth-order valence-corrected chi connectivity index (χ4v) is 3.40. The first-order valence-corrected chi connectivity index (χ1v) is 9.04. The molecule has 1 saturated heterocycles. The Morgan fingerprint density at radius 2 is 2.15 bits per heavy atom. The van der Waals surface area contributed by atoms with Crippen LogP contribution in [-0.2, 0) is 11.8 Å². The van der Waals surface area contributed by atoms with Gasteiger partial charge in [-0.3, -0.25) is 5.10 Å². The van der Waals surface area contributed by atoms with Gasteiger partial charge < -0.3 is 15.0 Å². The van der Waals surface area contributed by atoms with E-state index in [-0.39, 0.29) is 6.04 Å². The Kier molecular flexibility index (Phi) is 4.53. The summed E-state index contributed by atoms with van der Waals surface area (Å²) in [6.07, 6.45) is 0. The number of aryl methyl sites for hydroxylation is 3. The summed E-state index contributed by atoms with van der Waals surface area (Å²) in [5.41, 5.74) is 3.70. The van der Waals surface area contributed by atoms with Crippen molar-refractivity contribution in [2.45, 2.75) is 26.8 Å². The normalized spacial score (nSPS) is 17.3. The third kappa shape index (κ3) is 3.37. The van der Waals surface area contributed by atoms with E-state index in [1.54, 1.807) is 4.68 Å². The van der Waals surface area contributed by atoms with Crippen LogP contribution in [0.25, 0.3) is 11.3 Å². The number of rotatable bonds is 4. The number of ether oxygens (including phenoxy) is 1. The number of H-pyrrole nitrogens is 1. The lowest BCUT2D eigenvalue weighted by molar-refractivity contribution is 0.0985. The van der Waals surface area contributed by atoms with Crippen molar-refractivity contribution in [2.24, 2.45) is 7.05 Å². The molecule has 142 valence electrons. The predicted octanol–water partition coefficient (Wildman–Crippen LogP) is 2.19. The summed E-state index contributed by atoms with van der Waals surface area (Å²) < 4.78 is 7.33.